The number of benzene rings is 1. The van der Waals surface area contributed by atoms with Crippen LogP contribution < -0.4 is 0 Å². The van der Waals surface area contributed by atoms with Gasteiger partial charge in [-0.15, -0.1) is 0 Å². The predicted molar refractivity (Wildman–Crippen MR) is 74.6 cm³/mol. The van der Waals surface area contributed by atoms with Crippen molar-refractivity contribution in [2.24, 2.45) is 0 Å². The van der Waals surface area contributed by atoms with Crippen molar-refractivity contribution < 1.29 is 18.4 Å². The van der Waals surface area contributed by atoms with Gasteiger partial charge in [0.1, 0.15) is 17.1 Å². The number of hydrogen-bond acceptors (Lipinski definition) is 4. The van der Waals surface area contributed by atoms with Crippen LogP contribution >= 0.6 is 0 Å². The minimum absolute atomic E-state index is 0.192. The third-order valence-corrected chi connectivity index (χ3v) is 3.60. The molecule has 0 saturated heterocycles. The van der Waals surface area contributed by atoms with Crippen molar-refractivity contribution in [2.75, 3.05) is 6.61 Å². The summed E-state index contributed by atoms with van der Waals surface area (Å²) in [7, 11) is 0. The predicted octanol–water partition coefficient (Wildman–Crippen LogP) is 3.84. The molecule has 0 aliphatic heterocycles. The number of carbonyl (C=O) groups is 1. The lowest BCUT2D eigenvalue weighted by molar-refractivity contribution is 0.0524. The number of rotatable bonds is 4. The molecule has 110 valence electrons. The van der Waals surface area contributed by atoms with Crippen LogP contribution in [-0.4, -0.2) is 17.7 Å². The van der Waals surface area contributed by atoms with Gasteiger partial charge in [-0.3, -0.25) is 0 Å². The molecule has 0 atom stereocenters. The fourth-order valence-electron chi connectivity index (χ4n) is 2.43. The number of aryl methyl sites for hydroxylation is 1. The van der Waals surface area contributed by atoms with Crippen LogP contribution in [0, 0.1) is 12.7 Å². The summed E-state index contributed by atoms with van der Waals surface area (Å²) in [5.41, 5.74) is 1.52. The van der Waals surface area contributed by atoms with Gasteiger partial charge in [0.25, 0.3) is 0 Å². The molecule has 0 radical (unpaired) electrons. The van der Waals surface area contributed by atoms with Crippen molar-refractivity contribution in [3.8, 4) is 11.3 Å². The maximum Gasteiger partial charge on any atom is 0.344 e. The second-order valence-corrected chi connectivity index (χ2v) is 5.20. The van der Waals surface area contributed by atoms with E-state index in [2.05, 4.69) is 5.16 Å². The van der Waals surface area contributed by atoms with Gasteiger partial charge >= 0.3 is 5.97 Å². The van der Waals surface area contributed by atoms with E-state index in [1.807, 2.05) is 0 Å². The Morgan fingerprint density at radius 2 is 2.24 bits per heavy atom. The van der Waals surface area contributed by atoms with E-state index >= 15 is 0 Å². The van der Waals surface area contributed by atoms with E-state index in [4.69, 9.17) is 9.26 Å². The number of hydrogen-bond donors (Lipinski definition) is 0. The monoisotopic (exact) mass is 289 g/mol. The average molecular weight is 289 g/mol. The van der Waals surface area contributed by atoms with Crippen molar-refractivity contribution in [1.82, 2.24) is 5.16 Å². The maximum absolute atomic E-state index is 14.2. The highest BCUT2D eigenvalue weighted by Gasteiger charge is 2.36. The van der Waals surface area contributed by atoms with E-state index in [1.54, 1.807) is 26.0 Å². The van der Waals surface area contributed by atoms with E-state index < -0.39 is 11.8 Å². The highest BCUT2D eigenvalue weighted by molar-refractivity contribution is 5.97. The Hall–Kier alpha value is -2.17. The van der Waals surface area contributed by atoms with Crippen LogP contribution in [0.25, 0.3) is 11.3 Å². The minimum atomic E-state index is -0.502. The van der Waals surface area contributed by atoms with Gasteiger partial charge in [-0.1, -0.05) is 17.3 Å². The van der Waals surface area contributed by atoms with Gasteiger partial charge in [0.15, 0.2) is 5.76 Å². The van der Waals surface area contributed by atoms with Crippen LogP contribution in [-0.2, 0) is 4.74 Å². The van der Waals surface area contributed by atoms with Crippen LogP contribution in [0.1, 0.15) is 47.4 Å². The first-order valence-corrected chi connectivity index (χ1v) is 7.05. The molecule has 0 bridgehead atoms. The summed E-state index contributed by atoms with van der Waals surface area (Å²) in [5, 5.41) is 3.96. The van der Waals surface area contributed by atoms with Crippen LogP contribution in [0.3, 0.4) is 0 Å². The van der Waals surface area contributed by atoms with Crippen LogP contribution in [0.4, 0.5) is 4.39 Å². The topological polar surface area (TPSA) is 52.3 Å². The Bertz CT molecular complexity index is 669. The first kappa shape index (κ1) is 13.8. The van der Waals surface area contributed by atoms with Gasteiger partial charge in [-0.2, -0.15) is 0 Å². The number of aromatic nitrogens is 1. The van der Waals surface area contributed by atoms with E-state index in [9.17, 15) is 9.18 Å². The maximum atomic E-state index is 14.2. The second kappa shape index (κ2) is 5.31. The van der Waals surface area contributed by atoms with Gasteiger partial charge in [0.2, 0.25) is 0 Å². The molecule has 1 aromatic heterocycles. The van der Waals surface area contributed by atoms with Crippen molar-refractivity contribution in [3.05, 3.63) is 40.9 Å². The van der Waals surface area contributed by atoms with Gasteiger partial charge in [0, 0.05) is 11.5 Å². The van der Waals surface area contributed by atoms with Gasteiger partial charge < -0.3 is 9.26 Å². The van der Waals surface area contributed by atoms with E-state index in [0.29, 0.717) is 16.9 Å². The number of halogens is 1. The summed E-state index contributed by atoms with van der Waals surface area (Å²) in [6, 6.07) is 4.75. The normalized spacial score (nSPS) is 14.2. The molecule has 5 heteroatoms. The summed E-state index contributed by atoms with van der Waals surface area (Å²) in [4.78, 5) is 12.2. The molecule has 3 rings (SSSR count). The van der Waals surface area contributed by atoms with Crippen LogP contribution in [0.2, 0.25) is 0 Å². The zero-order valence-electron chi connectivity index (χ0n) is 12.0. The standard InChI is InChI=1S/C16H16FNO3/c1-3-20-16(19)13-14(18-21-15(13)10-7-8-10)12-9(2)5-4-6-11(12)17/h4-6,10H,3,7-8H2,1-2H3. The number of ether oxygens (including phenoxy) is 1. The smallest absolute Gasteiger partial charge is 0.344 e. The zero-order valence-corrected chi connectivity index (χ0v) is 12.0. The number of nitrogens with zero attached hydrogens (tertiary/aromatic N) is 1. The molecule has 4 nitrogen and oxygen atoms in total. The minimum Gasteiger partial charge on any atom is -0.462 e. The Balaban J connectivity index is 2.16. The zero-order chi connectivity index (χ0) is 15.0. The van der Waals surface area contributed by atoms with E-state index in [1.165, 1.54) is 6.07 Å². The summed E-state index contributed by atoms with van der Waals surface area (Å²) in [6.07, 6.45) is 1.91. The fourth-order valence-corrected chi connectivity index (χ4v) is 2.43. The quantitative estimate of drug-likeness (QED) is 0.802. The van der Waals surface area contributed by atoms with E-state index in [0.717, 1.165) is 12.8 Å². The highest BCUT2D eigenvalue weighted by Crippen LogP contribution is 2.44. The summed E-state index contributed by atoms with van der Waals surface area (Å²) in [6.45, 7) is 3.76. The largest absolute Gasteiger partial charge is 0.462 e. The van der Waals surface area contributed by atoms with Crippen molar-refractivity contribution in [3.63, 3.8) is 0 Å². The van der Waals surface area contributed by atoms with Gasteiger partial charge in [-0.05, 0) is 38.3 Å². The first-order chi connectivity index (χ1) is 10.1. The lowest BCUT2D eigenvalue weighted by atomic mass is 10.00. The van der Waals surface area contributed by atoms with Gasteiger partial charge in [-0.25, -0.2) is 9.18 Å². The summed E-state index contributed by atoms with van der Waals surface area (Å²) >= 11 is 0. The third kappa shape index (κ3) is 2.44. The average Bonchev–Trinajstić information content (AvgIpc) is 3.19. The molecule has 1 saturated carbocycles. The molecule has 1 aliphatic rings. The molecule has 0 spiro atoms. The molecule has 1 fully saturated rings. The lowest BCUT2D eigenvalue weighted by Gasteiger charge is -2.07. The Kier molecular flexibility index (Phi) is 3.49. The molecule has 0 unspecified atom stereocenters. The first-order valence-electron chi connectivity index (χ1n) is 7.05. The van der Waals surface area contributed by atoms with Crippen molar-refractivity contribution >= 4 is 5.97 Å². The number of carbonyl (C=O) groups excluding carboxylic acids is 1. The summed E-state index contributed by atoms with van der Waals surface area (Å²) < 4.78 is 24.6. The third-order valence-electron chi connectivity index (χ3n) is 3.60. The Morgan fingerprint density at radius 1 is 1.48 bits per heavy atom. The molecule has 0 N–H and O–H groups in total. The Labute approximate surface area is 121 Å². The molecule has 21 heavy (non-hydrogen) atoms. The fraction of sp³-hybridized carbons (Fsp3) is 0.375. The molecule has 2 aromatic rings. The molecule has 1 aromatic carbocycles. The molecular weight excluding hydrogens is 273 g/mol. The Morgan fingerprint density at radius 3 is 2.86 bits per heavy atom. The number of esters is 1. The molecule has 1 aliphatic carbocycles. The van der Waals surface area contributed by atoms with E-state index in [-0.39, 0.29) is 23.8 Å². The molecule has 1 heterocycles. The second-order valence-electron chi connectivity index (χ2n) is 5.20. The van der Waals surface area contributed by atoms with Crippen molar-refractivity contribution in [2.45, 2.75) is 32.6 Å². The highest BCUT2D eigenvalue weighted by atomic mass is 19.1. The lowest BCUT2D eigenvalue weighted by Crippen LogP contribution is -2.08. The molecular formula is C16H16FNO3. The van der Waals surface area contributed by atoms with Crippen LogP contribution in [0.15, 0.2) is 22.7 Å². The van der Waals surface area contributed by atoms with Crippen LogP contribution in [0.5, 0.6) is 0 Å². The van der Waals surface area contributed by atoms with Gasteiger partial charge in [0.05, 0.1) is 6.61 Å². The molecule has 0 amide bonds. The SMILES string of the molecule is CCOC(=O)c1c(-c2c(C)cccc2F)noc1C1CC1. The summed E-state index contributed by atoms with van der Waals surface area (Å²) in [5.74, 6) is -0.210. The van der Waals surface area contributed by atoms with Crippen molar-refractivity contribution in [1.29, 1.82) is 0 Å².